The Morgan fingerprint density at radius 3 is 2.02 bits per heavy atom. The van der Waals surface area contributed by atoms with E-state index in [1.54, 1.807) is 18.2 Å². The number of alkyl halides is 3. The first-order chi connectivity index (χ1) is 18.7. The van der Waals surface area contributed by atoms with Crippen LogP contribution in [0.2, 0.25) is 0 Å². The number of hydrogen-bond acceptors (Lipinski definition) is 2. The van der Waals surface area contributed by atoms with Crippen LogP contribution < -0.4 is 0 Å². The van der Waals surface area contributed by atoms with Crippen LogP contribution in [0, 0.1) is 17.0 Å². The van der Waals surface area contributed by atoms with Crippen LogP contribution in [0.25, 0.3) is 11.1 Å². The van der Waals surface area contributed by atoms with Crippen LogP contribution >= 0.6 is 0 Å². The van der Waals surface area contributed by atoms with Gasteiger partial charge in [0.2, 0.25) is 0 Å². The highest BCUT2D eigenvalue weighted by Crippen LogP contribution is 2.41. The van der Waals surface area contributed by atoms with Crippen LogP contribution in [0.4, 0.5) is 22.0 Å². The molecule has 3 nitrogen and oxygen atoms in total. The SMILES string of the molecule is CC(C)(C)CC(C(=O)O)c1ccc(C(c2ccc(F)c(F)c2)N2CCCCC2)c(-c2ccc(C(F)(F)F)cc2)c1. The van der Waals surface area contributed by atoms with E-state index in [2.05, 4.69) is 4.90 Å². The fourth-order valence-electron chi connectivity index (χ4n) is 5.52. The first kappa shape index (κ1) is 29.7. The maximum Gasteiger partial charge on any atom is 0.416 e. The molecule has 1 fully saturated rings. The van der Waals surface area contributed by atoms with E-state index in [0.29, 0.717) is 47.3 Å². The van der Waals surface area contributed by atoms with E-state index in [1.807, 2.05) is 20.8 Å². The highest BCUT2D eigenvalue weighted by molar-refractivity contribution is 5.78. The summed E-state index contributed by atoms with van der Waals surface area (Å²) in [4.78, 5) is 14.5. The van der Waals surface area contributed by atoms with Gasteiger partial charge in [-0.1, -0.05) is 57.5 Å². The molecule has 0 bridgehead atoms. The molecule has 0 amide bonds. The largest absolute Gasteiger partial charge is 0.481 e. The van der Waals surface area contributed by atoms with Crippen molar-refractivity contribution in [2.45, 2.75) is 64.6 Å². The number of carbonyl (C=O) groups is 1. The van der Waals surface area contributed by atoms with Gasteiger partial charge in [0.15, 0.2) is 11.6 Å². The Balaban J connectivity index is 1.93. The molecule has 40 heavy (non-hydrogen) atoms. The van der Waals surface area contributed by atoms with E-state index < -0.39 is 41.3 Å². The molecule has 2 unspecified atom stereocenters. The molecular weight excluding hydrogens is 525 g/mol. The average Bonchev–Trinajstić information content (AvgIpc) is 2.89. The zero-order valence-electron chi connectivity index (χ0n) is 22.9. The van der Waals surface area contributed by atoms with Gasteiger partial charge < -0.3 is 5.11 Å². The quantitative estimate of drug-likeness (QED) is 0.294. The van der Waals surface area contributed by atoms with Crippen molar-refractivity contribution in [1.29, 1.82) is 0 Å². The van der Waals surface area contributed by atoms with Crippen LogP contribution in [-0.2, 0) is 11.0 Å². The van der Waals surface area contributed by atoms with Crippen LogP contribution in [0.3, 0.4) is 0 Å². The maximum atomic E-state index is 14.5. The molecule has 214 valence electrons. The monoisotopic (exact) mass is 559 g/mol. The molecule has 0 aromatic heterocycles. The van der Waals surface area contributed by atoms with E-state index in [0.717, 1.165) is 37.5 Å². The number of rotatable bonds is 7. The minimum absolute atomic E-state index is 0.293. The second kappa shape index (κ2) is 11.7. The fourth-order valence-corrected chi connectivity index (χ4v) is 5.52. The summed E-state index contributed by atoms with van der Waals surface area (Å²) in [7, 11) is 0. The summed E-state index contributed by atoms with van der Waals surface area (Å²) in [5.74, 6) is -3.78. The summed E-state index contributed by atoms with van der Waals surface area (Å²) in [6.45, 7) is 7.26. The van der Waals surface area contributed by atoms with Crippen molar-refractivity contribution in [1.82, 2.24) is 4.90 Å². The molecule has 1 N–H and O–H groups in total. The molecular formula is C32H34F5NO2. The van der Waals surface area contributed by atoms with Crippen LogP contribution in [0.15, 0.2) is 60.7 Å². The van der Waals surface area contributed by atoms with Crippen molar-refractivity contribution in [2.75, 3.05) is 13.1 Å². The molecule has 2 atom stereocenters. The molecule has 1 aliphatic rings. The number of carboxylic acid groups (broad SMARTS) is 1. The van der Waals surface area contributed by atoms with E-state index >= 15 is 0 Å². The maximum absolute atomic E-state index is 14.5. The lowest BCUT2D eigenvalue weighted by Crippen LogP contribution is -2.34. The number of hydrogen-bond donors (Lipinski definition) is 1. The molecule has 4 rings (SSSR count). The number of halogens is 5. The summed E-state index contributed by atoms with van der Waals surface area (Å²) >= 11 is 0. The predicted molar refractivity (Wildman–Crippen MR) is 145 cm³/mol. The van der Waals surface area contributed by atoms with E-state index in [4.69, 9.17) is 0 Å². The topological polar surface area (TPSA) is 40.5 Å². The van der Waals surface area contributed by atoms with Gasteiger partial charge >= 0.3 is 12.1 Å². The minimum atomic E-state index is -4.51. The summed E-state index contributed by atoms with van der Waals surface area (Å²) in [5, 5.41) is 10.1. The number of benzene rings is 3. The molecule has 0 radical (unpaired) electrons. The number of carboxylic acids is 1. The molecule has 0 aliphatic carbocycles. The highest BCUT2D eigenvalue weighted by Gasteiger charge is 2.32. The second-order valence-electron chi connectivity index (χ2n) is 11.8. The zero-order chi connectivity index (χ0) is 29.2. The lowest BCUT2D eigenvalue weighted by atomic mass is 9.79. The standard InChI is InChI=1S/C32H34F5NO2/c1-31(2,3)19-26(30(39)40)21-9-13-24(25(17-21)20-7-11-23(12-8-20)32(35,36)37)29(38-15-5-4-6-16-38)22-10-14-27(33)28(34)18-22/h7-14,17-18,26,29H,4-6,15-16,19H2,1-3H3,(H,39,40). The normalized spacial score (nSPS) is 16.5. The van der Waals surface area contributed by atoms with Crippen molar-refractivity contribution in [3.63, 3.8) is 0 Å². The molecule has 3 aromatic rings. The first-order valence-corrected chi connectivity index (χ1v) is 13.5. The van der Waals surface area contributed by atoms with Gasteiger partial charge in [0.25, 0.3) is 0 Å². The Morgan fingerprint density at radius 2 is 1.48 bits per heavy atom. The van der Waals surface area contributed by atoms with Gasteiger partial charge in [-0.25, -0.2) is 8.78 Å². The van der Waals surface area contributed by atoms with Crippen molar-refractivity contribution >= 4 is 5.97 Å². The molecule has 1 aliphatic heterocycles. The van der Waals surface area contributed by atoms with Gasteiger partial charge in [-0.2, -0.15) is 13.2 Å². The zero-order valence-corrected chi connectivity index (χ0v) is 22.9. The second-order valence-corrected chi connectivity index (χ2v) is 11.8. The number of nitrogens with zero attached hydrogens (tertiary/aromatic N) is 1. The molecule has 8 heteroatoms. The van der Waals surface area contributed by atoms with E-state index in [-0.39, 0.29) is 5.41 Å². The Morgan fingerprint density at radius 1 is 0.850 bits per heavy atom. The van der Waals surface area contributed by atoms with Gasteiger partial charge in [-0.15, -0.1) is 0 Å². The van der Waals surface area contributed by atoms with Gasteiger partial charge in [0, 0.05) is 0 Å². The summed E-state index contributed by atoms with van der Waals surface area (Å²) in [6.07, 6.45) is -1.28. The molecule has 0 saturated carbocycles. The van der Waals surface area contributed by atoms with Crippen molar-refractivity contribution in [3.8, 4) is 11.1 Å². The smallest absolute Gasteiger partial charge is 0.416 e. The first-order valence-electron chi connectivity index (χ1n) is 13.5. The predicted octanol–water partition coefficient (Wildman–Crippen LogP) is 8.83. The Kier molecular flexibility index (Phi) is 8.69. The molecule has 1 saturated heterocycles. The lowest BCUT2D eigenvalue weighted by molar-refractivity contribution is -0.139. The molecule has 3 aromatic carbocycles. The summed E-state index contributed by atoms with van der Waals surface area (Å²) in [6, 6.07) is 13.3. The Labute approximate surface area is 231 Å². The van der Waals surface area contributed by atoms with Crippen LogP contribution in [-0.4, -0.2) is 29.1 Å². The third-order valence-electron chi connectivity index (χ3n) is 7.43. The lowest BCUT2D eigenvalue weighted by Gasteiger charge is -2.36. The van der Waals surface area contributed by atoms with Crippen molar-refractivity contribution in [2.24, 2.45) is 5.41 Å². The Hall–Kier alpha value is -3.26. The summed E-state index contributed by atoms with van der Waals surface area (Å²) in [5.41, 5.74) is 1.70. The number of likely N-dealkylation sites (tertiary alicyclic amines) is 1. The van der Waals surface area contributed by atoms with E-state index in [1.165, 1.54) is 24.3 Å². The van der Waals surface area contributed by atoms with Crippen LogP contribution in [0.1, 0.15) is 80.7 Å². The third kappa shape index (κ3) is 6.89. The van der Waals surface area contributed by atoms with Crippen LogP contribution in [0.5, 0.6) is 0 Å². The van der Waals surface area contributed by atoms with E-state index in [9.17, 15) is 31.9 Å². The van der Waals surface area contributed by atoms with Crippen molar-refractivity contribution < 1.29 is 31.9 Å². The number of piperidine rings is 1. The van der Waals surface area contributed by atoms with Gasteiger partial charge in [0.1, 0.15) is 0 Å². The van der Waals surface area contributed by atoms with Gasteiger partial charge in [-0.3, -0.25) is 9.69 Å². The number of aliphatic carboxylic acids is 1. The highest BCUT2D eigenvalue weighted by atomic mass is 19.4. The van der Waals surface area contributed by atoms with Gasteiger partial charge in [-0.05, 0) is 95.9 Å². The Bertz CT molecular complexity index is 1340. The minimum Gasteiger partial charge on any atom is -0.481 e. The fraction of sp³-hybridized carbons (Fsp3) is 0.406. The van der Waals surface area contributed by atoms with Gasteiger partial charge in [0.05, 0.1) is 17.5 Å². The summed E-state index contributed by atoms with van der Waals surface area (Å²) < 4.78 is 68.4. The van der Waals surface area contributed by atoms with Crippen molar-refractivity contribution in [3.05, 3.63) is 94.6 Å². The molecule has 1 heterocycles. The molecule has 0 spiro atoms. The average molecular weight is 560 g/mol. The third-order valence-corrected chi connectivity index (χ3v) is 7.43.